The normalized spacial score (nSPS) is 19.5. The summed E-state index contributed by atoms with van der Waals surface area (Å²) in [6, 6.07) is 6.17. The summed E-state index contributed by atoms with van der Waals surface area (Å²) < 4.78 is 5.48. The number of aromatic nitrogens is 2. The Morgan fingerprint density at radius 3 is 2.54 bits per heavy atom. The fourth-order valence-electron chi connectivity index (χ4n) is 3.78. The van der Waals surface area contributed by atoms with Crippen LogP contribution in [0.4, 0.5) is 5.69 Å². The molecule has 7 nitrogen and oxygen atoms in total. The smallest absolute Gasteiger partial charge is 0.243 e. The number of benzene rings is 1. The molecule has 2 fully saturated rings. The van der Waals surface area contributed by atoms with Gasteiger partial charge in [-0.3, -0.25) is 14.6 Å². The summed E-state index contributed by atoms with van der Waals surface area (Å²) in [5.74, 6) is 2.13. The fraction of sp³-hybridized carbons (Fsp3) is 0.571. The maximum absolute atomic E-state index is 12.5. The quantitative estimate of drug-likeness (QED) is 0.827. The lowest BCUT2D eigenvalue weighted by Crippen LogP contribution is -2.49. The van der Waals surface area contributed by atoms with E-state index < -0.39 is 0 Å². The van der Waals surface area contributed by atoms with E-state index in [9.17, 15) is 4.79 Å². The molecule has 7 heteroatoms. The first-order valence-electron chi connectivity index (χ1n) is 10.2. The van der Waals surface area contributed by atoms with Crippen molar-refractivity contribution in [3.63, 3.8) is 0 Å². The molecule has 1 atom stereocenters. The monoisotopic (exact) mass is 383 g/mol. The standard InChI is InChI=1S/C21H29N5O2/c1-14-5-4-6-15(2)19(14)22-18(27)13-25-9-11-26(12-10-25)16(3)21-23-20(24-28-21)17-7-8-17/h4-6,16-17H,7-13H2,1-3H3,(H,22,27). The average molecular weight is 383 g/mol. The Bertz CT molecular complexity index is 817. The van der Waals surface area contributed by atoms with Crippen LogP contribution in [0.25, 0.3) is 0 Å². The van der Waals surface area contributed by atoms with Crippen LogP contribution < -0.4 is 5.32 Å². The van der Waals surface area contributed by atoms with Gasteiger partial charge in [0.1, 0.15) is 0 Å². The lowest BCUT2D eigenvalue weighted by Gasteiger charge is -2.36. The van der Waals surface area contributed by atoms with Gasteiger partial charge in [-0.2, -0.15) is 4.98 Å². The van der Waals surface area contributed by atoms with Crippen molar-refractivity contribution in [1.82, 2.24) is 19.9 Å². The summed E-state index contributed by atoms with van der Waals surface area (Å²) in [7, 11) is 0. The minimum Gasteiger partial charge on any atom is -0.338 e. The predicted molar refractivity (Wildman–Crippen MR) is 107 cm³/mol. The van der Waals surface area contributed by atoms with Crippen molar-refractivity contribution >= 4 is 11.6 Å². The maximum atomic E-state index is 12.5. The molecule has 150 valence electrons. The summed E-state index contributed by atoms with van der Waals surface area (Å²) in [5, 5.41) is 7.20. The minimum atomic E-state index is 0.0462. The van der Waals surface area contributed by atoms with E-state index >= 15 is 0 Å². The first-order valence-corrected chi connectivity index (χ1v) is 10.2. The van der Waals surface area contributed by atoms with E-state index in [1.54, 1.807) is 0 Å². The Balaban J connectivity index is 1.27. The Morgan fingerprint density at radius 2 is 1.89 bits per heavy atom. The Labute approximate surface area is 166 Å². The molecule has 0 radical (unpaired) electrons. The molecule has 1 saturated heterocycles. The topological polar surface area (TPSA) is 74.5 Å². The average Bonchev–Trinajstić information content (AvgIpc) is 3.42. The fourth-order valence-corrected chi connectivity index (χ4v) is 3.78. The molecule has 2 aromatic rings. The molecule has 2 aliphatic rings. The zero-order valence-corrected chi connectivity index (χ0v) is 16.9. The third-order valence-electron chi connectivity index (χ3n) is 5.82. The van der Waals surface area contributed by atoms with Gasteiger partial charge in [-0.15, -0.1) is 0 Å². The van der Waals surface area contributed by atoms with E-state index in [4.69, 9.17) is 4.52 Å². The van der Waals surface area contributed by atoms with Crippen molar-refractivity contribution in [2.24, 2.45) is 0 Å². The number of para-hydroxylation sites is 1. The molecule has 28 heavy (non-hydrogen) atoms. The molecule has 1 aromatic carbocycles. The second-order valence-electron chi connectivity index (χ2n) is 8.07. The van der Waals surface area contributed by atoms with Gasteiger partial charge in [0.25, 0.3) is 0 Å². The molecule has 1 N–H and O–H groups in total. The van der Waals surface area contributed by atoms with Crippen molar-refractivity contribution in [2.45, 2.75) is 45.6 Å². The number of nitrogens with one attached hydrogen (secondary N) is 1. The highest BCUT2D eigenvalue weighted by Crippen LogP contribution is 2.38. The van der Waals surface area contributed by atoms with Crippen LogP contribution in [-0.4, -0.2) is 58.6 Å². The van der Waals surface area contributed by atoms with Gasteiger partial charge in [0.05, 0.1) is 12.6 Å². The van der Waals surface area contributed by atoms with Crippen LogP contribution in [0.5, 0.6) is 0 Å². The van der Waals surface area contributed by atoms with Crippen LogP contribution in [0, 0.1) is 13.8 Å². The predicted octanol–water partition coefficient (Wildman–Crippen LogP) is 2.88. The Kier molecular flexibility index (Phi) is 5.46. The molecular formula is C21H29N5O2. The molecule has 2 heterocycles. The molecule has 1 amide bonds. The Hall–Kier alpha value is -2.25. The number of piperazine rings is 1. The minimum absolute atomic E-state index is 0.0462. The molecule has 1 saturated carbocycles. The summed E-state index contributed by atoms with van der Waals surface area (Å²) >= 11 is 0. The van der Waals surface area contributed by atoms with Gasteiger partial charge in [0.15, 0.2) is 5.82 Å². The second-order valence-corrected chi connectivity index (χ2v) is 8.07. The molecule has 1 aliphatic carbocycles. The van der Waals surface area contributed by atoms with E-state index in [1.807, 2.05) is 32.0 Å². The first-order chi connectivity index (χ1) is 13.5. The third kappa shape index (κ3) is 4.25. The molecule has 0 spiro atoms. The van der Waals surface area contributed by atoms with Crippen molar-refractivity contribution in [3.05, 3.63) is 41.0 Å². The largest absolute Gasteiger partial charge is 0.338 e. The van der Waals surface area contributed by atoms with E-state index in [-0.39, 0.29) is 11.9 Å². The van der Waals surface area contributed by atoms with Crippen molar-refractivity contribution in [3.8, 4) is 0 Å². The summed E-state index contributed by atoms with van der Waals surface area (Å²) in [4.78, 5) is 21.6. The highest BCUT2D eigenvalue weighted by Gasteiger charge is 2.31. The molecule has 1 unspecified atom stereocenters. The highest BCUT2D eigenvalue weighted by molar-refractivity contribution is 5.93. The number of hydrogen-bond acceptors (Lipinski definition) is 6. The Morgan fingerprint density at radius 1 is 1.21 bits per heavy atom. The van der Waals surface area contributed by atoms with Gasteiger partial charge in [-0.25, -0.2) is 0 Å². The summed E-state index contributed by atoms with van der Waals surface area (Å²) in [6.07, 6.45) is 2.35. The molecule has 1 aromatic heterocycles. The van der Waals surface area contributed by atoms with Crippen LogP contribution in [0.3, 0.4) is 0 Å². The van der Waals surface area contributed by atoms with Crippen LogP contribution in [0.15, 0.2) is 22.7 Å². The van der Waals surface area contributed by atoms with Gasteiger partial charge >= 0.3 is 0 Å². The van der Waals surface area contributed by atoms with Crippen LogP contribution in [0.2, 0.25) is 0 Å². The number of hydrogen-bond donors (Lipinski definition) is 1. The first kappa shape index (κ1) is 19.1. The number of amides is 1. The van der Waals surface area contributed by atoms with Gasteiger partial charge in [0.2, 0.25) is 11.8 Å². The summed E-state index contributed by atoms with van der Waals surface area (Å²) in [5.41, 5.74) is 3.12. The van der Waals surface area contributed by atoms with Gasteiger partial charge < -0.3 is 9.84 Å². The molecule has 1 aliphatic heterocycles. The van der Waals surface area contributed by atoms with Crippen LogP contribution in [0.1, 0.15) is 54.6 Å². The number of nitrogens with zero attached hydrogens (tertiary/aromatic N) is 4. The molecule has 4 rings (SSSR count). The lowest BCUT2D eigenvalue weighted by atomic mass is 10.1. The summed E-state index contributed by atoms with van der Waals surface area (Å²) in [6.45, 7) is 10.1. The number of rotatable bonds is 6. The third-order valence-corrected chi connectivity index (χ3v) is 5.82. The van der Waals surface area contributed by atoms with Crippen molar-refractivity contribution < 1.29 is 9.32 Å². The number of aryl methyl sites for hydroxylation is 2. The van der Waals surface area contributed by atoms with E-state index in [1.165, 1.54) is 12.8 Å². The van der Waals surface area contributed by atoms with Crippen LogP contribution in [-0.2, 0) is 4.79 Å². The second kappa shape index (κ2) is 8.01. The zero-order valence-electron chi connectivity index (χ0n) is 16.9. The van der Waals surface area contributed by atoms with E-state index in [0.29, 0.717) is 18.4 Å². The maximum Gasteiger partial charge on any atom is 0.243 e. The zero-order chi connectivity index (χ0) is 19.7. The van der Waals surface area contributed by atoms with Gasteiger partial charge in [-0.05, 0) is 44.7 Å². The van der Waals surface area contributed by atoms with Gasteiger partial charge in [0, 0.05) is 37.8 Å². The SMILES string of the molecule is Cc1cccc(C)c1NC(=O)CN1CCN(C(C)c2nc(C3CC3)no2)CC1. The lowest BCUT2D eigenvalue weighted by molar-refractivity contribution is -0.117. The van der Waals surface area contributed by atoms with E-state index in [0.717, 1.165) is 48.8 Å². The van der Waals surface area contributed by atoms with Crippen LogP contribution >= 0.6 is 0 Å². The van der Waals surface area contributed by atoms with Crippen molar-refractivity contribution in [2.75, 3.05) is 38.0 Å². The molecular weight excluding hydrogens is 354 g/mol. The van der Waals surface area contributed by atoms with Gasteiger partial charge in [-0.1, -0.05) is 23.4 Å². The number of carbonyl (C=O) groups excluding carboxylic acids is 1. The van der Waals surface area contributed by atoms with Crippen molar-refractivity contribution in [1.29, 1.82) is 0 Å². The highest BCUT2D eigenvalue weighted by atomic mass is 16.5. The van der Waals surface area contributed by atoms with E-state index in [2.05, 4.69) is 32.2 Å². The number of carbonyl (C=O) groups is 1. The molecule has 0 bridgehead atoms. The number of anilines is 1.